The molecule has 0 bridgehead atoms. The van der Waals surface area contributed by atoms with Crippen molar-refractivity contribution in [2.75, 3.05) is 6.61 Å². The van der Waals surface area contributed by atoms with Crippen LogP contribution in [0.2, 0.25) is 0 Å². The summed E-state index contributed by atoms with van der Waals surface area (Å²) in [6.07, 6.45) is 8.61. The van der Waals surface area contributed by atoms with Gasteiger partial charge in [-0.2, -0.15) is 0 Å². The molecule has 0 aromatic heterocycles. The Morgan fingerprint density at radius 1 is 1.26 bits per heavy atom. The van der Waals surface area contributed by atoms with Crippen molar-refractivity contribution in [1.29, 1.82) is 0 Å². The van der Waals surface area contributed by atoms with Crippen LogP contribution in [0, 0.1) is 0 Å². The molecule has 0 aliphatic carbocycles. The first-order valence-corrected chi connectivity index (χ1v) is 9.94. The number of benzene rings is 1. The van der Waals surface area contributed by atoms with E-state index in [1.165, 1.54) is 32.1 Å². The van der Waals surface area contributed by atoms with Crippen LogP contribution in [0.4, 0.5) is 0 Å². The highest BCUT2D eigenvalue weighted by Crippen LogP contribution is 2.41. The molecule has 1 aromatic carbocycles. The molecule has 2 N–H and O–H groups in total. The van der Waals surface area contributed by atoms with E-state index in [0.29, 0.717) is 6.10 Å². The van der Waals surface area contributed by atoms with E-state index in [4.69, 9.17) is 19.0 Å². The third-order valence-corrected chi connectivity index (χ3v) is 4.81. The molecular formula is C17H27O5P. The Morgan fingerprint density at radius 3 is 2.61 bits per heavy atom. The summed E-state index contributed by atoms with van der Waals surface area (Å²) < 4.78 is 21.3. The lowest BCUT2D eigenvalue weighted by Gasteiger charge is -2.26. The molecule has 2 rings (SSSR count). The zero-order chi connectivity index (χ0) is 16.7. The van der Waals surface area contributed by atoms with Gasteiger partial charge in [-0.15, -0.1) is 0 Å². The monoisotopic (exact) mass is 342 g/mol. The molecule has 1 saturated heterocycles. The molecule has 1 fully saturated rings. The largest absolute Gasteiger partial charge is 0.524 e. The Balaban J connectivity index is 1.72. The minimum Gasteiger partial charge on any atom is -0.404 e. The van der Waals surface area contributed by atoms with Gasteiger partial charge in [0, 0.05) is 6.61 Å². The van der Waals surface area contributed by atoms with E-state index < -0.39 is 7.82 Å². The highest BCUT2D eigenvalue weighted by atomic mass is 31.2. The second-order valence-electron chi connectivity index (χ2n) is 6.29. The van der Waals surface area contributed by atoms with Gasteiger partial charge in [0.25, 0.3) is 0 Å². The van der Waals surface area contributed by atoms with Gasteiger partial charge < -0.3 is 9.26 Å². The van der Waals surface area contributed by atoms with E-state index >= 15 is 0 Å². The molecule has 1 heterocycles. The maximum Gasteiger partial charge on any atom is 0.524 e. The highest BCUT2D eigenvalue weighted by molar-refractivity contribution is 7.46. The quantitative estimate of drug-likeness (QED) is 0.487. The van der Waals surface area contributed by atoms with Crippen molar-refractivity contribution in [3.8, 4) is 5.75 Å². The van der Waals surface area contributed by atoms with Crippen LogP contribution < -0.4 is 4.52 Å². The molecule has 1 aromatic rings. The van der Waals surface area contributed by atoms with Crippen molar-refractivity contribution in [2.45, 2.75) is 63.9 Å². The lowest BCUT2D eigenvalue weighted by atomic mass is 9.94. The van der Waals surface area contributed by atoms with Gasteiger partial charge in [0.05, 0.1) is 6.10 Å². The lowest BCUT2D eigenvalue weighted by Crippen LogP contribution is -2.26. The Kier molecular flexibility index (Phi) is 7.09. The second-order valence-corrected chi connectivity index (χ2v) is 7.46. The zero-order valence-corrected chi connectivity index (χ0v) is 14.6. The topological polar surface area (TPSA) is 76.0 Å². The fraction of sp³-hybridized carbons (Fsp3) is 0.647. The number of unbranched alkanes of at least 4 members (excludes halogenated alkanes) is 3. The Morgan fingerprint density at radius 2 is 1.96 bits per heavy atom. The normalized spacial score (nSPS) is 19.2. The van der Waals surface area contributed by atoms with Gasteiger partial charge in [0.15, 0.2) is 0 Å². The van der Waals surface area contributed by atoms with Gasteiger partial charge in [-0.25, -0.2) is 4.57 Å². The van der Waals surface area contributed by atoms with E-state index in [0.717, 1.165) is 25.0 Å². The van der Waals surface area contributed by atoms with E-state index in [1.54, 1.807) is 12.1 Å². The Bertz CT molecular complexity index is 523. The molecular weight excluding hydrogens is 315 g/mol. The molecule has 0 amide bonds. The molecule has 6 heteroatoms. The van der Waals surface area contributed by atoms with Crippen LogP contribution in [-0.2, 0) is 9.30 Å². The summed E-state index contributed by atoms with van der Waals surface area (Å²) in [4.78, 5) is 18.0. The maximum atomic E-state index is 11.1. The first-order chi connectivity index (χ1) is 11.0. The summed E-state index contributed by atoms with van der Waals surface area (Å²) >= 11 is 0. The fourth-order valence-corrected chi connectivity index (χ4v) is 3.37. The molecule has 0 saturated carbocycles. The van der Waals surface area contributed by atoms with Crippen molar-refractivity contribution in [2.24, 2.45) is 0 Å². The van der Waals surface area contributed by atoms with Crippen LogP contribution >= 0.6 is 7.82 Å². The molecule has 1 aliphatic heterocycles. The van der Waals surface area contributed by atoms with Gasteiger partial charge in [-0.3, -0.25) is 9.79 Å². The average Bonchev–Trinajstić information content (AvgIpc) is 2.43. The van der Waals surface area contributed by atoms with Crippen molar-refractivity contribution < 1.29 is 23.6 Å². The van der Waals surface area contributed by atoms with Crippen LogP contribution in [-0.4, -0.2) is 22.5 Å². The average molecular weight is 342 g/mol. The smallest absolute Gasteiger partial charge is 0.404 e. The minimum absolute atomic E-state index is 0.215. The third kappa shape index (κ3) is 6.64. The van der Waals surface area contributed by atoms with Crippen molar-refractivity contribution in [3.63, 3.8) is 0 Å². The summed E-state index contributed by atoms with van der Waals surface area (Å²) in [7, 11) is -4.51. The molecule has 2 unspecified atom stereocenters. The summed E-state index contributed by atoms with van der Waals surface area (Å²) in [5.74, 6) is 0.503. The number of ether oxygens (including phenoxy) is 1. The zero-order valence-electron chi connectivity index (χ0n) is 13.7. The molecule has 130 valence electrons. The predicted molar refractivity (Wildman–Crippen MR) is 89.6 cm³/mol. The molecule has 2 atom stereocenters. The van der Waals surface area contributed by atoms with Gasteiger partial charge in [-0.1, -0.05) is 50.8 Å². The van der Waals surface area contributed by atoms with E-state index in [-0.39, 0.29) is 11.7 Å². The molecule has 0 radical (unpaired) electrons. The van der Waals surface area contributed by atoms with Crippen LogP contribution in [0.25, 0.3) is 0 Å². The van der Waals surface area contributed by atoms with Crippen molar-refractivity contribution in [1.82, 2.24) is 0 Å². The molecule has 0 spiro atoms. The van der Waals surface area contributed by atoms with Gasteiger partial charge in [0.2, 0.25) is 0 Å². The first kappa shape index (κ1) is 18.5. The van der Waals surface area contributed by atoms with E-state index in [1.807, 2.05) is 12.1 Å². The maximum absolute atomic E-state index is 11.1. The van der Waals surface area contributed by atoms with Crippen LogP contribution in [0.15, 0.2) is 24.3 Å². The standard InChI is InChI=1S/C17H27O5P/c1-14(8-4-2-3-5-9-15-12-13-21-15)16-10-6-7-11-17(16)22-23(18,19)20/h6-7,10-11,14-15H,2-5,8-9,12-13H2,1H3,(H2,18,19,20). The van der Waals surface area contributed by atoms with Crippen LogP contribution in [0.3, 0.4) is 0 Å². The first-order valence-electron chi connectivity index (χ1n) is 8.41. The second kappa shape index (κ2) is 8.84. The number of hydrogen-bond acceptors (Lipinski definition) is 3. The van der Waals surface area contributed by atoms with E-state index in [9.17, 15) is 4.57 Å². The van der Waals surface area contributed by atoms with Gasteiger partial charge >= 0.3 is 7.82 Å². The van der Waals surface area contributed by atoms with Crippen molar-refractivity contribution >= 4 is 7.82 Å². The van der Waals surface area contributed by atoms with Crippen LogP contribution in [0.1, 0.15) is 63.4 Å². The highest BCUT2D eigenvalue weighted by Gasteiger charge is 2.20. The summed E-state index contributed by atoms with van der Waals surface area (Å²) in [6.45, 7) is 3.00. The molecule has 1 aliphatic rings. The summed E-state index contributed by atoms with van der Waals surface area (Å²) in [6, 6.07) is 7.09. The number of phosphoric acid groups is 1. The lowest BCUT2D eigenvalue weighted by molar-refractivity contribution is -0.0556. The van der Waals surface area contributed by atoms with Crippen molar-refractivity contribution in [3.05, 3.63) is 29.8 Å². The molecule has 5 nitrogen and oxygen atoms in total. The predicted octanol–water partition coefficient (Wildman–Crippen LogP) is 4.39. The third-order valence-electron chi connectivity index (χ3n) is 4.37. The van der Waals surface area contributed by atoms with Crippen LogP contribution in [0.5, 0.6) is 5.75 Å². The number of rotatable bonds is 10. The Labute approximate surface area is 138 Å². The van der Waals surface area contributed by atoms with Gasteiger partial charge in [0.1, 0.15) is 5.75 Å². The Hall–Kier alpha value is -0.870. The van der Waals surface area contributed by atoms with E-state index in [2.05, 4.69) is 6.92 Å². The SMILES string of the molecule is CC(CCCCCCC1CCO1)c1ccccc1OP(=O)(O)O. The number of phosphoric ester groups is 1. The summed E-state index contributed by atoms with van der Waals surface area (Å²) in [5.41, 5.74) is 0.860. The molecule has 23 heavy (non-hydrogen) atoms. The summed E-state index contributed by atoms with van der Waals surface area (Å²) in [5, 5.41) is 0. The number of para-hydroxylation sites is 1. The van der Waals surface area contributed by atoms with Gasteiger partial charge in [-0.05, 0) is 36.8 Å². The number of hydrogen-bond donors (Lipinski definition) is 2. The minimum atomic E-state index is -4.51. The fourth-order valence-electron chi connectivity index (χ4n) is 2.94.